The first-order valence-electron chi connectivity index (χ1n) is 11.6. The highest BCUT2D eigenvalue weighted by Gasteiger charge is 2.59. The highest BCUT2D eigenvalue weighted by atomic mass is 28.4. The van der Waals surface area contributed by atoms with Crippen LogP contribution in [0.15, 0.2) is 21.7 Å². The monoisotopic (exact) mass is 496 g/mol. The predicted molar refractivity (Wildman–Crippen MR) is 134 cm³/mol. The summed E-state index contributed by atoms with van der Waals surface area (Å²) in [5.74, 6) is 0. The Morgan fingerprint density at radius 1 is 1.09 bits per heavy atom. The summed E-state index contributed by atoms with van der Waals surface area (Å²) in [6.07, 6.45) is 0.861. The van der Waals surface area contributed by atoms with Gasteiger partial charge in [0.2, 0.25) is 0 Å². The third kappa shape index (κ3) is 4.53. The SMILES string of the molecule is CC(C)(C)[Si](C)(C)OC[C@H]1O[C@]2(C=Cc3cc(=O)[nH]c(=O)n32)[C@@H](O)[C@@H]1O[Si](C)(C)C(C)(C)C. The number of aliphatic hydroxyl groups excluding tert-OH is 1. The van der Waals surface area contributed by atoms with Crippen molar-refractivity contribution < 1.29 is 18.7 Å². The van der Waals surface area contributed by atoms with Crippen LogP contribution in [0.1, 0.15) is 47.2 Å². The molecule has 4 atom stereocenters. The summed E-state index contributed by atoms with van der Waals surface area (Å²) in [7, 11) is -4.40. The molecule has 1 saturated heterocycles. The molecule has 1 aromatic heterocycles. The third-order valence-corrected chi connectivity index (χ3v) is 16.9. The Bertz CT molecular complexity index is 1050. The number of hydrogen-bond acceptors (Lipinski definition) is 6. The number of ether oxygens (including phenoxy) is 1. The summed E-state index contributed by atoms with van der Waals surface area (Å²) in [6, 6.07) is 1.33. The van der Waals surface area contributed by atoms with Gasteiger partial charge >= 0.3 is 5.69 Å². The number of aromatic amines is 1. The van der Waals surface area contributed by atoms with Crippen LogP contribution >= 0.6 is 0 Å². The summed E-state index contributed by atoms with van der Waals surface area (Å²) in [5, 5.41) is 11.5. The normalized spacial score (nSPS) is 28.0. The van der Waals surface area contributed by atoms with Gasteiger partial charge < -0.3 is 18.7 Å². The lowest BCUT2D eigenvalue weighted by molar-refractivity contribution is -0.111. The number of nitrogens with zero attached hydrogens (tertiary/aromatic N) is 1. The molecule has 33 heavy (non-hydrogen) atoms. The second kappa shape index (κ2) is 8.13. The summed E-state index contributed by atoms with van der Waals surface area (Å²) in [4.78, 5) is 26.9. The lowest BCUT2D eigenvalue weighted by Crippen LogP contribution is -2.53. The van der Waals surface area contributed by atoms with E-state index in [1.807, 2.05) is 0 Å². The molecule has 2 N–H and O–H groups in total. The maximum Gasteiger partial charge on any atom is 0.331 e. The van der Waals surface area contributed by atoms with Crippen LogP contribution in [0, 0.1) is 0 Å². The third-order valence-electron chi connectivity index (χ3n) is 7.91. The highest BCUT2D eigenvalue weighted by molar-refractivity contribution is 6.74. The van der Waals surface area contributed by atoms with Gasteiger partial charge in [-0.25, -0.2) is 4.79 Å². The average molecular weight is 497 g/mol. The van der Waals surface area contributed by atoms with E-state index < -0.39 is 51.9 Å². The second-order valence-electron chi connectivity index (χ2n) is 12.3. The molecule has 10 heteroatoms. The molecule has 0 radical (unpaired) electrons. The van der Waals surface area contributed by atoms with Crippen molar-refractivity contribution in [1.82, 2.24) is 9.55 Å². The van der Waals surface area contributed by atoms with Gasteiger partial charge in [0.05, 0.1) is 12.3 Å². The molecule has 0 aromatic carbocycles. The Morgan fingerprint density at radius 2 is 1.67 bits per heavy atom. The Kier molecular flexibility index (Phi) is 6.48. The fourth-order valence-electron chi connectivity index (χ4n) is 3.71. The molecule has 3 rings (SSSR count). The lowest BCUT2D eigenvalue weighted by atomic mass is 10.0. The van der Waals surface area contributed by atoms with Crippen molar-refractivity contribution in [3.8, 4) is 0 Å². The van der Waals surface area contributed by atoms with Gasteiger partial charge in [0.15, 0.2) is 22.4 Å². The Labute approximate surface area is 198 Å². The van der Waals surface area contributed by atoms with Gasteiger partial charge in [-0.3, -0.25) is 14.3 Å². The minimum absolute atomic E-state index is 0.00791. The predicted octanol–water partition coefficient (Wildman–Crippen LogP) is 3.39. The van der Waals surface area contributed by atoms with Crippen molar-refractivity contribution in [3.63, 3.8) is 0 Å². The molecular formula is C23H40N2O6Si2. The topological polar surface area (TPSA) is 103 Å². The van der Waals surface area contributed by atoms with Gasteiger partial charge in [0.1, 0.15) is 18.3 Å². The van der Waals surface area contributed by atoms with Crippen LogP contribution in [-0.4, -0.2) is 56.2 Å². The molecule has 0 aliphatic carbocycles. The van der Waals surface area contributed by atoms with Crippen molar-refractivity contribution in [2.45, 2.75) is 102 Å². The van der Waals surface area contributed by atoms with E-state index in [-0.39, 0.29) is 16.7 Å². The molecule has 8 nitrogen and oxygen atoms in total. The van der Waals surface area contributed by atoms with Crippen LogP contribution in [0.3, 0.4) is 0 Å². The number of aliphatic hydroxyl groups is 1. The molecule has 0 bridgehead atoms. The molecule has 186 valence electrons. The standard InChI is InChI=1S/C23H40N2O6Si2/c1-21(2,3)32(7,8)29-14-16-18(31-33(9,10)22(4,5)6)19(27)23(30-16)12-11-15-13-17(26)24-20(28)25(15)23/h11-13,16,18-19,27H,14H2,1-10H3,(H,24,26,28)/t16-,18-,19+,23-/m1/s1. The van der Waals surface area contributed by atoms with E-state index in [1.54, 1.807) is 12.2 Å². The van der Waals surface area contributed by atoms with Gasteiger partial charge in [-0.05, 0) is 48.4 Å². The summed E-state index contributed by atoms with van der Waals surface area (Å²) < 4.78 is 20.9. The summed E-state index contributed by atoms with van der Waals surface area (Å²) in [6.45, 7) is 21.7. The van der Waals surface area contributed by atoms with E-state index in [0.29, 0.717) is 5.69 Å². The van der Waals surface area contributed by atoms with Crippen LogP contribution in [-0.2, 0) is 19.3 Å². The van der Waals surface area contributed by atoms with E-state index in [2.05, 4.69) is 72.7 Å². The minimum atomic E-state index is -2.30. The van der Waals surface area contributed by atoms with Crippen LogP contribution in [0.2, 0.25) is 36.3 Å². The number of nitrogens with one attached hydrogen (secondary N) is 1. The number of fused-ring (bicyclic) bond motifs is 2. The first kappa shape index (κ1) is 26.3. The molecule has 0 saturated carbocycles. The van der Waals surface area contributed by atoms with Crippen molar-refractivity contribution in [2.24, 2.45) is 0 Å². The quantitative estimate of drug-likeness (QED) is 0.606. The molecule has 1 fully saturated rings. The van der Waals surface area contributed by atoms with E-state index in [1.165, 1.54) is 10.6 Å². The van der Waals surface area contributed by atoms with Crippen LogP contribution in [0.4, 0.5) is 0 Å². The number of aromatic nitrogens is 2. The molecule has 1 spiro atoms. The molecule has 2 aliphatic rings. The van der Waals surface area contributed by atoms with Gasteiger partial charge in [-0.1, -0.05) is 41.5 Å². The van der Waals surface area contributed by atoms with Gasteiger partial charge in [0.25, 0.3) is 5.56 Å². The zero-order valence-electron chi connectivity index (χ0n) is 21.6. The van der Waals surface area contributed by atoms with Crippen molar-refractivity contribution >= 4 is 22.7 Å². The Morgan fingerprint density at radius 3 is 2.21 bits per heavy atom. The molecule has 0 amide bonds. The molecular weight excluding hydrogens is 456 g/mol. The smallest absolute Gasteiger partial charge is 0.331 e. The zero-order valence-corrected chi connectivity index (χ0v) is 23.6. The van der Waals surface area contributed by atoms with Crippen LogP contribution < -0.4 is 11.2 Å². The van der Waals surface area contributed by atoms with Crippen LogP contribution in [0.5, 0.6) is 0 Å². The number of hydrogen-bond donors (Lipinski definition) is 2. The van der Waals surface area contributed by atoms with Crippen molar-refractivity contribution in [3.05, 3.63) is 38.7 Å². The van der Waals surface area contributed by atoms with Gasteiger partial charge in [0, 0.05) is 6.07 Å². The van der Waals surface area contributed by atoms with E-state index in [9.17, 15) is 14.7 Å². The summed E-state index contributed by atoms with van der Waals surface area (Å²) >= 11 is 0. The second-order valence-corrected chi connectivity index (χ2v) is 21.9. The van der Waals surface area contributed by atoms with Gasteiger partial charge in [-0.2, -0.15) is 0 Å². The fraction of sp³-hybridized carbons (Fsp3) is 0.739. The average Bonchev–Trinajstić information content (AvgIpc) is 3.11. The lowest BCUT2D eigenvalue weighted by Gasteiger charge is -2.41. The Hall–Kier alpha value is -1.31. The van der Waals surface area contributed by atoms with E-state index >= 15 is 0 Å². The highest BCUT2D eigenvalue weighted by Crippen LogP contribution is 2.46. The number of rotatable bonds is 5. The molecule has 1 aromatic rings. The molecule has 3 heterocycles. The van der Waals surface area contributed by atoms with Crippen molar-refractivity contribution in [1.29, 1.82) is 0 Å². The maximum atomic E-state index is 12.8. The largest absolute Gasteiger partial charge is 0.414 e. The first-order valence-corrected chi connectivity index (χ1v) is 17.4. The molecule has 0 unspecified atom stereocenters. The Balaban J connectivity index is 2.02. The van der Waals surface area contributed by atoms with Crippen LogP contribution in [0.25, 0.3) is 6.08 Å². The summed E-state index contributed by atoms with van der Waals surface area (Å²) in [5.41, 5.74) is -2.18. The minimum Gasteiger partial charge on any atom is -0.414 e. The van der Waals surface area contributed by atoms with Gasteiger partial charge in [-0.15, -0.1) is 0 Å². The van der Waals surface area contributed by atoms with E-state index in [0.717, 1.165) is 0 Å². The molecule has 2 aliphatic heterocycles. The van der Waals surface area contributed by atoms with Crippen molar-refractivity contribution in [2.75, 3.05) is 6.61 Å². The zero-order chi connectivity index (χ0) is 25.2. The maximum absolute atomic E-state index is 12.8. The fourth-order valence-corrected chi connectivity index (χ4v) is 6.04. The van der Waals surface area contributed by atoms with E-state index in [4.69, 9.17) is 13.6 Å². The first-order chi connectivity index (χ1) is 14.8. The number of H-pyrrole nitrogens is 1.